The summed E-state index contributed by atoms with van der Waals surface area (Å²) in [5, 5.41) is 0. The topological polar surface area (TPSA) is 49.6 Å². The zero-order valence-corrected chi connectivity index (χ0v) is 11.5. The predicted octanol–water partition coefficient (Wildman–Crippen LogP) is 1.06. The summed E-state index contributed by atoms with van der Waals surface area (Å²) in [5.74, 6) is 0.278. The Morgan fingerprint density at radius 3 is 2.59 bits per heavy atom. The average molecular weight is 241 g/mol. The van der Waals surface area contributed by atoms with Gasteiger partial charge in [-0.05, 0) is 52.7 Å². The highest BCUT2D eigenvalue weighted by molar-refractivity contribution is 5.76. The van der Waals surface area contributed by atoms with Crippen LogP contribution >= 0.6 is 0 Å². The molecule has 0 radical (unpaired) electrons. The fraction of sp³-hybridized carbons (Fsp3) is 0.923. The van der Waals surface area contributed by atoms with Gasteiger partial charge in [-0.1, -0.05) is 0 Å². The van der Waals surface area contributed by atoms with Crippen molar-refractivity contribution in [1.29, 1.82) is 0 Å². The monoisotopic (exact) mass is 241 g/mol. The zero-order valence-electron chi connectivity index (χ0n) is 11.5. The number of likely N-dealkylation sites (tertiary alicyclic amines) is 1. The Kier molecular flexibility index (Phi) is 5.92. The maximum atomic E-state index is 12.0. The van der Waals surface area contributed by atoms with Gasteiger partial charge in [0, 0.05) is 25.6 Å². The van der Waals surface area contributed by atoms with Gasteiger partial charge in [0.05, 0.1) is 0 Å². The summed E-state index contributed by atoms with van der Waals surface area (Å²) in [6, 6.07) is 0.644. The molecule has 1 saturated heterocycles. The van der Waals surface area contributed by atoms with Crippen molar-refractivity contribution in [2.45, 2.75) is 51.1 Å². The Hall–Kier alpha value is -0.610. The molecule has 0 aromatic heterocycles. The van der Waals surface area contributed by atoms with Crippen LogP contribution in [-0.4, -0.2) is 55.0 Å². The molecule has 17 heavy (non-hydrogen) atoms. The summed E-state index contributed by atoms with van der Waals surface area (Å²) in [5.41, 5.74) is 5.68. The highest BCUT2D eigenvalue weighted by atomic mass is 16.2. The van der Waals surface area contributed by atoms with Crippen molar-refractivity contribution >= 4 is 5.91 Å². The van der Waals surface area contributed by atoms with Gasteiger partial charge in [-0.3, -0.25) is 4.79 Å². The van der Waals surface area contributed by atoms with E-state index in [4.69, 9.17) is 5.73 Å². The van der Waals surface area contributed by atoms with Gasteiger partial charge < -0.3 is 15.5 Å². The van der Waals surface area contributed by atoms with Crippen LogP contribution in [0.4, 0.5) is 0 Å². The number of carbonyl (C=O) groups is 1. The van der Waals surface area contributed by atoms with Crippen LogP contribution in [0.25, 0.3) is 0 Å². The van der Waals surface area contributed by atoms with Crippen molar-refractivity contribution in [2.24, 2.45) is 5.73 Å². The predicted molar refractivity (Wildman–Crippen MR) is 70.8 cm³/mol. The molecule has 0 spiro atoms. The molecule has 1 amide bonds. The summed E-state index contributed by atoms with van der Waals surface area (Å²) in [7, 11) is 4.09. The lowest BCUT2D eigenvalue weighted by Gasteiger charge is -2.35. The molecule has 0 saturated carbocycles. The van der Waals surface area contributed by atoms with E-state index in [9.17, 15) is 4.79 Å². The van der Waals surface area contributed by atoms with Crippen LogP contribution in [0.3, 0.4) is 0 Å². The van der Waals surface area contributed by atoms with E-state index in [0.29, 0.717) is 12.5 Å². The van der Waals surface area contributed by atoms with Crippen molar-refractivity contribution in [2.75, 3.05) is 27.2 Å². The first-order valence-electron chi connectivity index (χ1n) is 6.70. The van der Waals surface area contributed by atoms with Crippen molar-refractivity contribution < 1.29 is 4.79 Å². The Labute approximate surface area is 105 Å². The minimum atomic E-state index is 0.205. The van der Waals surface area contributed by atoms with Gasteiger partial charge in [0.15, 0.2) is 0 Å². The Balaban J connectivity index is 2.26. The number of hydrogen-bond acceptors (Lipinski definition) is 3. The first kappa shape index (κ1) is 14.5. The Morgan fingerprint density at radius 1 is 1.47 bits per heavy atom. The van der Waals surface area contributed by atoms with Crippen LogP contribution in [0, 0.1) is 0 Å². The molecule has 1 rings (SSSR count). The molecule has 0 bridgehead atoms. The largest absolute Gasteiger partial charge is 0.343 e. The molecular weight excluding hydrogens is 214 g/mol. The number of amides is 1. The van der Waals surface area contributed by atoms with E-state index in [0.717, 1.165) is 38.8 Å². The van der Waals surface area contributed by atoms with E-state index in [1.807, 2.05) is 18.9 Å². The van der Waals surface area contributed by atoms with E-state index in [-0.39, 0.29) is 11.9 Å². The van der Waals surface area contributed by atoms with Crippen LogP contribution in [0.2, 0.25) is 0 Å². The third-order valence-corrected chi connectivity index (χ3v) is 3.68. The summed E-state index contributed by atoms with van der Waals surface area (Å²) in [6.07, 6.45) is 4.70. The molecule has 0 aliphatic carbocycles. The number of nitrogens with two attached hydrogens (primary N) is 1. The average Bonchev–Trinajstić information content (AvgIpc) is 2.28. The molecule has 100 valence electrons. The van der Waals surface area contributed by atoms with Crippen molar-refractivity contribution in [3.05, 3.63) is 0 Å². The quantitative estimate of drug-likeness (QED) is 0.783. The number of nitrogens with zero attached hydrogens (tertiary/aromatic N) is 2. The molecule has 1 atom stereocenters. The van der Waals surface area contributed by atoms with E-state index >= 15 is 0 Å². The summed E-state index contributed by atoms with van der Waals surface area (Å²) in [4.78, 5) is 16.3. The van der Waals surface area contributed by atoms with Crippen LogP contribution in [0.1, 0.15) is 39.0 Å². The standard InChI is InChI=1S/C13H27N3O/c1-11(14)5-4-6-13(17)16(3)12-7-9-15(2)10-8-12/h11-12H,4-10,14H2,1-3H3. The lowest BCUT2D eigenvalue weighted by Crippen LogP contribution is -2.44. The van der Waals surface area contributed by atoms with Crippen LogP contribution < -0.4 is 5.73 Å². The van der Waals surface area contributed by atoms with Gasteiger partial charge >= 0.3 is 0 Å². The maximum absolute atomic E-state index is 12.0. The molecule has 2 N–H and O–H groups in total. The highest BCUT2D eigenvalue weighted by Crippen LogP contribution is 2.15. The second-order valence-corrected chi connectivity index (χ2v) is 5.41. The smallest absolute Gasteiger partial charge is 0.222 e. The first-order valence-corrected chi connectivity index (χ1v) is 6.70. The van der Waals surface area contributed by atoms with Gasteiger partial charge in [-0.15, -0.1) is 0 Å². The van der Waals surface area contributed by atoms with E-state index in [2.05, 4.69) is 11.9 Å². The third kappa shape index (κ3) is 5.04. The maximum Gasteiger partial charge on any atom is 0.222 e. The zero-order chi connectivity index (χ0) is 12.8. The molecule has 1 aliphatic heterocycles. The second-order valence-electron chi connectivity index (χ2n) is 5.41. The molecule has 4 heteroatoms. The fourth-order valence-corrected chi connectivity index (χ4v) is 2.34. The SMILES string of the molecule is CC(N)CCCC(=O)N(C)C1CCN(C)CC1. The molecular formula is C13H27N3O. The van der Waals surface area contributed by atoms with Gasteiger partial charge in [0.25, 0.3) is 0 Å². The number of piperidine rings is 1. The lowest BCUT2D eigenvalue weighted by atomic mass is 10.0. The van der Waals surface area contributed by atoms with Crippen molar-refractivity contribution in [1.82, 2.24) is 9.80 Å². The van der Waals surface area contributed by atoms with Crippen molar-refractivity contribution in [3.63, 3.8) is 0 Å². The normalized spacial score (nSPS) is 20.2. The van der Waals surface area contributed by atoms with Gasteiger partial charge in [-0.25, -0.2) is 0 Å². The van der Waals surface area contributed by atoms with Crippen LogP contribution in [0.5, 0.6) is 0 Å². The van der Waals surface area contributed by atoms with E-state index < -0.39 is 0 Å². The van der Waals surface area contributed by atoms with Crippen molar-refractivity contribution in [3.8, 4) is 0 Å². The number of hydrogen-bond donors (Lipinski definition) is 1. The van der Waals surface area contributed by atoms with Crippen LogP contribution in [-0.2, 0) is 4.79 Å². The molecule has 1 fully saturated rings. The van der Waals surface area contributed by atoms with Gasteiger partial charge in [0.1, 0.15) is 0 Å². The molecule has 4 nitrogen and oxygen atoms in total. The molecule has 0 aromatic carbocycles. The first-order chi connectivity index (χ1) is 8.00. The molecule has 1 unspecified atom stereocenters. The van der Waals surface area contributed by atoms with E-state index in [1.54, 1.807) is 0 Å². The minimum Gasteiger partial charge on any atom is -0.343 e. The second kappa shape index (κ2) is 6.97. The minimum absolute atomic E-state index is 0.205. The van der Waals surface area contributed by atoms with Crippen LogP contribution in [0.15, 0.2) is 0 Å². The number of carbonyl (C=O) groups excluding carboxylic acids is 1. The summed E-state index contributed by atoms with van der Waals surface area (Å²) < 4.78 is 0. The molecule has 1 aliphatic rings. The van der Waals surface area contributed by atoms with E-state index in [1.165, 1.54) is 0 Å². The number of rotatable bonds is 5. The Bertz CT molecular complexity index is 235. The third-order valence-electron chi connectivity index (χ3n) is 3.68. The molecule has 1 heterocycles. The summed E-state index contributed by atoms with van der Waals surface area (Å²) >= 11 is 0. The fourth-order valence-electron chi connectivity index (χ4n) is 2.34. The highest BCUT2D eigenvalue weighted by Gasteiger charge is 2.23. The summed E-state index contributed by atoms with van der Waals surface area (Å²) in [6.45, 7) is 4.19. The van der Waals surface area contributed by atoms with Gasteiger partial charge in [-0.2, -0.15) is 0 Å². The molecule has 0 aromatic rings. The Morgan fingerprint density at radius 2 is 2.06 bits per heavy atom. The van der Waals surface area contributed by atoms with Gasteiger partial charge in [0.2, 0.25) is 5.91 Å². The lowest BCUT2D eigenvalue weighted by molar-refractivity contribution is -0.132.